The van der Waals surface area contributed by atoms with Crippen molar-refractivity contribution >= 4 is 0 Å². The highest BCUT2D eigenvalue weighted by Crippen LogP contribution is 2.47. The molecular formula is C16H25N. The van der Waals surface area contributed by atoms with E-state index in [9.17, 15) is 0 Å². The fourth-order valence-corrected chi connectivity index (χ4v) is 2.77. The first kappa shape index (κ1) is 12.6. The maximum atomic E-state index is 3.76. The number of hydrogen-bond donors (Lipinski definition) is 1. The van der Waals surface area contributed by atoms with E-state index in [1.165, 1.54) is 24.8 Å². The van der Waals surface area contributed by atoms with Crippen molar-refractivity contribution in [1.82, 2.24) is 5.32 Å². The molecular weight excluding hydrogens is 206 g/mol. The fraction of sp³-hybridized carbons (Fsp3) is 0.625. The van der Waals surface area contributed by atoms with Gasteiger partial charge in [0.25, 0.3) is 0 Å². The van der Waals surface area contributed by atoms with Gasteiger partial charge in [-0.15, -0.1) is 0 Å². The summed E-state index contributed by atoms with van der Waals surface area (Å²) in [4.78, 5) is 0. The summed E-state index contributed by atoms with van der Waals surface area (Å²) in [5.74, 6) is 0.728. The molecule has 0 amide bonds. The van der Waals surface area contributed by atoms with Gasteiger partial charge in [0.2, 0.25) is 0 Å². The monoisotopic (exact) mass is 231 g/mol. The first-order chi connectivity index (χ1) is 8.03. The zero-order valence-corrected chi connectivity index (χ0v) is 11.6. The Morgan fingerprint density at radius 1 is 1.12 bits per heavy atom. The summed E-state index contributed by atoms with van der Waals surface area (Å²) >= 11 is 0. The lowest BCUT2D eigenvalue weighted by atomic mass is 9.92. The molecule has 0 unspecified atom stereocenters. The number of rotatable bonds is 5. The van der Waals surface area contributed by atoms with E-state index in [0.29, 0.717) is 11.6 Å². The van der Waals surface area contributed by atoms with Crippen LogP contribution in [0, 0.1) is 5.92 Å². The van der Waals surface area contributed by atoms with E-state index < -0.39 is 0 Å². The minimum absolute atomic E-state index is 0.291. The van der Waals surface area contributed by atoms with Gasteiger partial charge in [-0.25, -0.2) is 0 Å². The highest BCUT2D eigenvalue weighted by Gasteiger charge is 2.45. The maximum absolute atomic E-state index is 3.76. The summed E-state index contributed by atoms with van der Waals surface area (Å²) in [6.07, 6.45) is 3.78. The zero-order valence-electron chi connectivity index (χ0n) is 11.6. The molecule has 1 nitrogen and oxygen atoms in total. The van der Waals surface area contributed by atoms with Crippen LogP contribution in [-0.2, 0) is 12.0 Å². The Balaban J connectivity index is 2.25. The lowest BCUT2D eigenvalue weighted by Crippen LogP contribution is -2.35. The second-order valence-corrected chi connectivity index (χ2v) is 6.14. The van der Waals surface area contributed by atoms with E-state index in [0.717, 1.165) is 5.92 Å². The predicted molar refractivity (Wildman–Crippen MR) is 74.2 cm³/mol. The molecule has 1 aliphatic carbocycles. The van der Waals surface area contributed by atoms with Crippen LogP contribution in [0.3, 0.4) is 0 Å². The molecule has 94 valence electrons. The summed E-state index contributed by atoms with van der Waals surface area (Å²) < 4.78 is 0. The summed E-state index contributed by atoms with van der Waals surface area (Å²) in [5.41, 5.74) is 3.37. The third kappa shape index (κ3) is 2.90. The quantitative estimate of drug-likeness (QED) is 0.811. The molecule has 0 spiro atoms. The van der Waals surface area contributed by atoms with Crippen molar-refractivity contribution in [1.29, 1.82) is 0 Å². The normalized spacial score (nSPS) is 17.8. The van der Waals surface area contributed by atoms with Crippen LogP contribution >= 0.6 is 0 Å². The van der Waals surface area contributed by atoms with Gasteiger partial charge in [0, 0.05) is 11.6 Å². The third-order valence-corrected chi connectivity index (χ3v) is 3.48. The van der Waals surface area contributed by atoms with Crippen LogP contribution in [0.15, 0.2) is 24.3 Å². The summed E-state index contributed by atoms with van der Waals surface area (Å²) in [5, 5.41) is 3.76. The van der Waals surface area contributed by atoms with Crippen molar-refractivity contribution in [3.8, 4) is 0 Å². The molecule has 1 aliphatic rings. The first-order valence-electron chi connectivity index (χ1n) is 6.89. The second-order valence-electron chi connectivity index (χ2n) is 6.14. The summed E-state index contributed by atoms with van der Waals surface area (Å²) in [6.45, 7) is 9.08. The van der Waals surface area contributed by atoms with E-state index in [2.05, 4.69) is 57.3 Å². The smallest absolute Gasteiger partial charge is 0.0440 e. The summed E-state index contributed by atoms with van der Waals surface area (Å²) in [6, 6.07) is 9.54. The summed E-state index contributed by atoms with van der Waals surface area (Å²) in [7, 11) is 0. The van der Waals surface area contributed by atoms with Crippen molar-refractivity contribution in [3.63, 3.8) is 0 Å². The maximum Gasteiger partial charge on any atom is 0.0440 e. The van der Waals surface area contributed by atoms with Gasteiger partial charge in [-0.1, -0.05) is 52.0 Å². The lowest BCUT2D eigenvalue weighted by molar-refractivity contribution is 0.456. The molecule has 0 aliphatic heterocycles. The van der Waals surface area contributed by atoms with Gasteiger partial charge in [0.1, 0.15) is 0 Å². The lowest BCUT2D eigenvalue weighted by Gasteiger charge is -2.24. The molecule has 0 heterocycles. The molecule has 0 saturated heterocycles. The number of hydrogen-bond acceptors (Lipinski definition) is 1. The Bertz CT molecular complexity index is 375. The highest BCUT2D eigenvalue weighted by atomic mass is 15.0. The van der Waals surface area contributed by atoms with Crippen LogP contribution in [0.2, 0.25) is 0 Å². The van der Waals surface area contributed by atoms with Gasteiger partial charge in [0.05, 0.1) is 0 Å². The molecule has 1 heteroatoms. The third-order valence-electron chi connectivity index (χ3n) is 3.48. The van der Waals surface area contributed by atoms with E-state index in [1.807, 2.05) is 0 Å². The SMILES string of the molecule is CC(C)Cc1ccccc1C1(NC(C)C)CC1. The van der Waals surface area contributed by atoms with Crippen LogP contribution in [0.25, 0.3) is 0 Å². The van der Waals surface area contributed by atoms with Crippen LogP contribution in [-0.4, -0.2) is 6.04 Å². The van der Waals surface area contributed by atoms with Crippen molar-refractivity contribution in [2.75, 3.05) is 0 Å². The molecule has 1 fully saturated rings. The highest BCUT2D eigenvalue weighted by molar-refractivity contribution is 5.38. The van der Waals surface area contributed by atoms with Gasteiger partial charge in [-0.05, 0) is 36.3 Å². The standard InChI is InChI=1S/C16H25N/c1-12(2)11-14-7-5-6-8-15(14)16(9-10-16)17-13(3)4/h5-8,12-13,17H,9-11H2,1-4H3. The van der Waals surface area contributed by atoms with Crippen molar-refractivity contribution in [2.45, 2.75) is 58.5 Å². The predicted octanol–water partition coefficient (Wildman–Crippen LogP) is 3.87. The van der Waals surface area contributed by atoms with Crippen LogP contribution in [0.1, 0.15) is 51.7 Å². The van der Waals surface area contributed by atoms with Gasteiger partial charge in [-0.2, -0.15) is 0 Å². The van der Waals surface area contributed by atoms with Crippen LogP contribution < -0.4 is 5.32 Å². The minimum Gasteiger partial charge on any atom is -0.305 e. The van der Waals surface area contributed by atoms with E-state index >= 15 is 0 Å². The molecule has 0 aromatic heterocycles. The van der Waals surface area contributed by atoms with Crippen LogP contribution in [0.5, 0.6) is 0 Å². The van der Waals surface area contributed by atoms with Crippen molar-refractivity contribution in [3.05, 3.63) is 35.4 Å². The molecule has 1 aromatic carbocycles. The molecule has 1 saturated carbocycles. The largest absolute Gasteiger partial charge is 0.305 e. The molecule has 0 atom stereocenters. The van der Waals surface area contributed by atoms with Gasteiger partial charge in [0.15, 0.2) is 0 Å². The van der Waals surface area contributed by atoms with E-state index in [1.54, 1.807) is 5.56 Å². The minimum atomic E-state index is 0.291. The van der Waals surface area contributed by atoms with E-state index in [-0.39, 0.29) is 0 Å². The molecule has 0 radical (unpaired) electrons. The molecule has 1 N–H and O–H groups in total. The van der Waals surface area contributed by atoms with Gasteiger partial charge in [-0.3, -0.25) is 0 Å². The van der Waals surface area contributed by atoms with Crippen LogP contribution in [0.4, 0.5) is 0 Å². The molecule has 2 rings (SSSR count). The van der Waals surface area contributed by atoms with Crippen molar-refractivity contribution < 1.29 is 0 Å². The molecule has 17 heavy (non-hydrogen) atoms. The number of benzene rings is 1. The number of nitrogens with one attached hydrogen (secondary N) is 1. The van der Waals surface area contributed by atoms with E-state index in [4.69, 9.17) is 0 Å². The zero-order chi connectivity index (χ0) is 12.5. The first-order valence-corrected chi connectivity index (χ1v) is 6.89. The average molecular weight is 231 g/mol. The fourth-order valence-electron chi connectivity index (χ4n) is 2.77. The Labute approximate surface area is 106 Å². The molecule has 1 aromatic rings. The molecule has 0 bridgehead atoms. The van der Waals surface area contributed by atoms with Gasteiger partial charge < -0.3 is 5.32 Å². The second kappa shape index (κ2) is 4.81. The van der Waals surface area contributed by atoms with Crippen molar-refractivity contribution in [2.24, 2.45) is 5.92 Å². The Kier molecular flexibility index (Phi) is 3.58. The Morgan fingerprint density at radius 3 is 2.29 bits per heavy atom. The Hall–Kier alpha value is -0.820. The van der Waals surface area contributed by atoms with Gasteiger partial charge >= 0.3 is 0 Å². The Morgan fingerprint density at radius 2 is 1.76 bits per heavy atom. The topological polar surface area (TPSA) is 12.0 Å². The average Bonchev–Trinajstić information content (AvgIpc) is 2.97.